The van der Waals surface area contributed by atoms with E-state index in [-0.39, 0.29) is 11.9 Å². The number of rotatable bonds is 4. The van der Waals surface area contributed by atoms with Crippen LogP contribution >= 0.6 is 0 Å². The first-order valence-electron chi connectivity index (χ1n) is 8.20. The van der Waals surface area contributed by atoms with E-state index in [0.29, 0.717) is 34.9 Å². The SMILES string of the molecule is COc1ccc2c(C)c(C(=O)N[C@H]3C[C@@H]4OCC[C@H]34)oc2c1OC. The predicted molar refractivity (Wildman–Crippen MR) is 87.8 cm³/mol. The number of benzene rings is 1. The van der Waals surface area contributed by atoms with Crippen LogP contribution in [0.1, 0.15) is 29.0 Å². The second kappa shape index (κ2) is 5.70. The molecule has 2 heterocycles. The molecule has 0 spiro atoms. The summed E-state index contributed by atoms with van der Waals surface area (Å²) in [4.78, 5) is 12.7. The first-order chi connectivity index (χ1) is 11.6. The second-order valence-corrected chi connectivity index (χ2v) is 6.41. The Hall–Kier alpha value is -2.21. The minimum atomic E-state index is -0.180. The molecule has 128 valence electrons. The summed E-state index contributed by atoms with van der Waals surface area (Å²) in [6.45, 7) is 2.68. The number of nitrogens with one attached hydrogen (secondary N) is 1. The zero-order valence-electron chi connectivity index (χ0n) is 14.0. The first-order valence-corrected chi connectivity index (χ1v) is 8.20. The van der Waals surface area contributed by atoms with Gasteiger partial charge in [0.05, 0.1) is 20.3 Å². The number of hydrogen-bond donors (Lipinski definition) is 1. The molecule has 1 aliphatic carbocycles. The predicted octanol–water partition coefficient (Wildman–Crippen LogP) is 2.67. The fourth-order valence-electron chi connectivity index (χ4n) is 3.81. The summed E-state index contributed by atoms with van der Waals surface area (Å²) in [6, 6.07) is 3.88. The summed E-state index contributed by atoms with van der Waals surface area (Å²) < 4.78 is 22.1. The average Bonchev–Trinajstić information content (AvgIpc) is 3.12. The molecule has 24 heavy (non-hydrogen) atoms. The molecule has 1 aliphatic heterocycles. The number of methoxy groups -OCH3 is 2. The van der Waals surface area contributed by atoms with Gasteiger partial charge in [-0.2, -0.15) is 0 Å². The number of carbonyl (C=O) groups is 1. The molecule has 0 bridgehead atoms. The number of carbonyl (C=O) groups excluding carboxylic acids is 1. The Morgan fingerprint density at radius 2 is 2.12 bits per heavy atom. The highest BCUT2D eigenvalue weighted by molar-refractivity contribution is 6.01. The van der Waals surface area contributed by atoms with E-state index >= 15 is 0 Å². The van der Waals surface area contributed by atoms with E-state index in [0.717, 1.165) is 30.4 Å². The van der Waals surface area contributed by atoms with Crippen LogP contribution < -0.4 is 14.8 Å². The van der Waals surface area contributed by atoms with Crippen LogP contribution in [0.2, 0.25) is 0 Å². The molecule has 2 aromatic rings. The molecule has 3 atom stereocenters. The van der Waals surface area contributed by atoms with Crippen molar-refractivity contribution in [2.75, 3.05) is 20.8 Å². The number of furan rings is 1. The Bertz CT molecular complexity index is 796. The van der Waals surface area contributed by atoms with Crippen molar-refractivity contribution in [3.05, 3.63) is 23.5 Å². The van der Waals surface area contributed by atoms with Gasteiger partial charge in [-0.15, -0.1) is 0 Å². The molecular formula is C18H21NO5. The Morgan fingerprint density at radius 3 is 2.83 bits per heavy atom. The monoisotopic (exact) mass is 331 g/mol. The molecule has 2 fully saturated rings. The van der Waals surface area contributed by atoms with Gasteiger partial charge in [-0.1, -0.05) is 0 Å². The third kappa shape index (κ3) is 2.17. The summed E-state index contributed by atoms with van der Waals surface area (Å²) in [5.74, 6) is 1.67. The van der Waals surface area contributed by atoms with Crippen LogP contribution in [-0.2, 0) is 4.74 Å². The van der Waals surface area contributed by atoms with Crippen molar-refractivity contribution in [1.29, 1.82) is 0 Å². The quantitative estimate of drug-likeness (QED) is 0.933. The Morgan fingerprint density at radius 1 is 1.29 bits per heavy atom. The average molecular weight is 331 g/mol. The topological polar surface area (TPSA) is 69.9 Å². The zero-order chi connectivity index (χ0) is 16.8. The van der Waals surface area contributed by atoms with Crippen molar-refractivity contribution in [2.24, 2.45) is 5.92 Å². The van der Waals surface area contributed by atoms with Crippen molar-refractivity contribution in [1.82, 2.24) is 5.32 Å². The Labute approximate surface area is 140 Å². The van der Waals surface area contributed by atoms with Gasteiger partial charge in [0.25, 0.3) is 5.91 Å². The summed E-state index contributed by atoms with van der Waals surface area (Å²) >= 11 is 0. The molecular weight excluding hydrogens is 310 g/mol. The standard InChI is InChI=1S/C18H21NO5/c1-9-10-4-5-13(21-2)17(22-3)16(10)24-15(9)18(20)19-12-8-14-11(12)6-7-23-14/h4-5,11-12,14H,6-8H2,1-3H3,(H,19,20)/t11-,12+,14+/m1/s1. The lowest BCUT2D eigenvalue weighted by Crippen LogP contribution is -2.53. The van der Waals surface area contributed by atoms with Gasteiger partial charge >= 0.3 is 0 Å². The first kappa shape index (κ1) is 15.3. The molecule has 1 saturated carbocycles. The van der Waals surface area contributed by atoms with Gasteiger partial charge in [-0.25, -0.2) is 0 Å². The van der Waals surface area contributed by atoms with Crippen molar-refractivity contribution >= 4 is 16.9 Å². The highest BCUT2D eigenvalue weighted by Crippen LogP contribution is 2.41. The van der Waals surface area contributed by atoms with Gasteiger partial charge in [-0.05, 0) is 31.9 Å². The summed E-state index contributed by atoms with van der Waals surface area (Å²) in [6.07, 6.45) is 2.21. The molecule has 1 aromatic heterocycles. The van der Waals surface area contributed by atoms with Gasteiger partial charge in [0.15, 0.2) is 17.1 Å². The zero-order valence-corrected chi connectivity index (χ0v) is 14.0. The van der Waals surface area contributed by atoms with Crippen LogP contribution in [0, 0.1) is 12.8 Å². The van der Waals surface area contributed by atoms with Gasteiger partial charge in [0.1, 0.15) is 0 Å². The summed E-state index contributed by atoms with van der Waals surface area (Å²) in [7, 11) is 3.13. The minimum absolute atomic E-state index is 0.175. The van der Waals surface area contributed by atoms with E-state index in [9.17, 15) is 4.79 Å². The summed E-state index contributed by atoms with van der Waals surface area (Å²) in [5.41, 5.74) is 1.34. The van der Waals surface area contributed by atoms with Crippen molar-refractivity contribution in [3.63, 3.8) is 0 Å². The number of ether oxygens (including phenoxy) is 3. The highest BCUT2D eigenvalue weighted by atomic mass is 16.5. The van der Waals surface area contributed by atoms with Crippen LogP contribution in [0.5, 0.6) is 11.5 Å². The maximum Gasteiger partial charge on any atom is 0.287 e. The lowest BCUT2D eigenvalue weighted by Gasteiger charge is -2.39. The van der Waals surface area contributed by atoms with Crippen LogP contribution in [0.15, 0.2) is 16.5 Å². The lowest BCUT2D eigenvalue weighted by atomic mass is 9.76. The van der Waals surface area contributed by atoms with Gasteiger partial charge in [0, 0.05) is 29.5 Å². The van der Waals surface area contributed by atoms with Gasteiger partial charge < -0.3 is 23.9 Å². The number of fused-ring (bicyclic) bond motifs is 2. The largest absolute Gasteiger partial charge is 0.493 e. The fourth-order valence-corrected chi connectivity index (χ4v) is 3.81. The maximum atomic E-state index is 12.7. The molecule has 0 radical (unpaired) electrons. The molecule has 6 nitrogen and oxygen atoms in total. The van der Waals surface area contributed by atoms with Crippen LogP contribution in [0.25, 0.3) is 11.0 Å². The van der Waals surface area contributed by atoms with E-state index in [1.807, 2.05) is 19.1 Å². The summed E-state index contributed by atoms with van der Waals surface area (Å²) in [5, 5.41) is 3.94. The van der Waals surface area contributed by atoms with Crippen molar-refractivity contribution < 1.29 is 23.4 Å². The van der Waals surface area contributed by atoms with E-state index < -0.39 is 0 Å². The molecule has 6 heteroatoms. The van der Waals surface area contributed by atoms with Crippen molar-refractivity contribution in [3.8, 4) is 11.5 Å². The van der Waals surface area contributed by atoms with E-state index in [2.05, 4.69) is 5.32 Å². The Kier molecular flexibility index (Phi) is 3.64. The molecule has 4 rings (SSSR count). The normalized spacial score (nSPS) is 25.2. The molecule has 1 saturated heterocycles. The molecule has 1 amide bonds. The molecule has 2 aliphatic rings. The van der Waals surface area contributed by atoms with E-state index in [1.54, 1.807) is 14.2 Å². The van der Waals surface area contributed by atoms with Gasteiger partial charge in [-0.3, -0.25) is 4.79 Å². The lowest BCUT2D eigenvalue weighted by molar-refractivity contribution is 0.00773. The number of hydrogen-bond acceptors (Lipinski definition) is 5. The Balaban J connectivity index is 1.64. The molecule has 1 aromatic carbocycles. The third-order valence-electron chi connectivity index (χ3n) is 5.24. The smallest absolute Gasteiger partial charge is 0.287 e. The highest BCUT2D eigenvalue weighted by Gasteiger charge is 2.46. The van der Waals surface area contributed by atoms with Crippen molar-refractivity contribution in [2.45, 2.75) is 31.9 Å². The van der Waals surface area contributed by atoms with Crippen LogP contribution in [-0.4, -0.2) is 38.9 Å². The fraction of sp³-hybridized carbons (Fsp3) is 0.500. The van der Waals surface area contributed by atoms with E-state index in [4.69, 9.17) is 18.6 Å². The maximum absolute atomic E-state index is 12.7. The minimum Gasteiger partial charge on any atom is -0.493 e. The van der Waals surface area contributed by atoms with Crippen LogP contribution in [0.3, 0.4) is 0 Å². The molecule has 1 N–H and O–H groups in total. The number of aryl methyl sites for hydroxylation is 1. The van der Waals surface area contributed by atoms with E-state index in [1.165, 1.54) is 0 Å². The molecule has 0 unspecified atom stereocenters. The van der Waals surface area contributed by atoms with Crippen LogP contribution in [0.4, 0.5) is 0 Å². The third-order valence-corrected chi connectivity index (χ3v) is 5.24. The van der Waals surface area contributed by atoms with Gasteiger partial charge in [0.2, 0.25) is 5.75 Å². The number of amides is 1. The second-order valence-electron chi connectivity index (χ2n) is 6.41.